The predicted octanol–water partition coefficient (Wildman–Crippen LogP) is 4.38. The van der Waals surface area contributed by atoms with Crippen molar-refractivity contribution in [3.8, 4) is 28.7 Å². The zero-order valence-corrected chi connectivity index (χ0v) is 23.2. The summed E-state index contributed by atoms with van der Waals surface area (Å²) in [5.74, 6) is -1.39. The molecule has 0 radical (unpaired) electrons. The van der Waals surface area contributed by atoms with Crippen LogP contribution in [-0.2, 0) is 16.0 Å². The summed E-state index contributed by atoms with van der Waals surface area (Å²) >= 11 is 0. The van der Waals surface area contributed by atoms with E-state index in [1.807, 2.05) is 30.3 Å². The molecule has 10 heteroatoms. The minimum absolute atomic E-state index is 0.0348. The Morgan fingerprint density at radius 2 is 1.65 bits per heavy atom. The Labute approximate surface area is 246 Å². The molecule has 2 aliphatic carbocycles. The Morgan fingerprint density at radius 3 is 2.35 bits per heavy atom. The quantitative estimate of drug-likeness (QED) is 0.165. The zero-order valence-electron chi connectivity index (χ0n) is 23.2. The summed E-state index contributed by atoms with van der Waals surface area (Å²) < 4.78 is 15.6. The first kappa shape index (κ1) is 29.0. The van der Waals surface area contributed by atoms with E-state index < -0.39 is 17.1 Å². The maximum absolute atomic E-state index is 12.3. The summed E-state index contributed by atoms with van der Waals surface area (Å²) in [5.41, 5.74) is 1.81. The lowest BCUT2D eigenvalue weighted by atomic mass is 9.85. The van der Waals surface area contributed by atoms with Gasteiger partial charge in [-0.3, -0.25) is 9.59 Å². The van der Waals surface area contributed by atoms with E-state index in [-0.39, 0.29) is 53.1 Å². The van der Waals surface area contributed by atoms with E-state index in [0.29, 0.717) is 28.0 Å². The number of fused-ring (bicyclic) bond motifs is 4. The lowest BCUT2D eigenvalue weighted by molar-refractivity contribution is -0.114. The highest BCUT2D eigenvalue weighted by Crippen LogP contribution is 2.50. The van der Waals surface area contributed by atoms with Gasteiger partial charge in [0, 0.05) is 29.7 Å². The summed E-state index contributed by atoms with van der Waals surface area (Å²) in [6.07, 6.45) is 5.99. The topological polar surface area (TPSA) is 163 Å². The minimum atomic E-state index is -1.33. The summed E-state index contributed by atoms with van der Waals surface area (Å²) in [6, 6.07) is 15.1. The van der Waals surface area contributed by atoms with E-state index >= 15 is 0 Å². The van der Waals surface area contributed by atoms with E-state index in [0.717, 1.165) is 5.56 Å². The molecule has 220 valence electrons. The van der Waals surface area contributed by atoms with Gasteiger partial charge in [0.25, 0.3) is 0 Å². The van der Waals surface area contributed by atoms with Gasteiger partial charge in [0.05, 0.1) is 14.2 Å². The summed E-state index contributed by atoms with van der Waals surface area (Å²) in [4.78, 5) is 23.8. The Hall–Kier alpha value is -5.48. The first-order chi connectivity index (χ1) is 20.6. The van der Waals surface area contributed by atoms with Gasteiger partial charge in [-0.25, -0.2) is 0 Å². The minimum Gasteiger partial charge on any atom is -0.507 e. The molecule has 1 atom stereocenters. The molecule has 3 aromatic rings. The van der Waals surface area contributed by atoms with E-state index in [4.69, 9.17) is 14.2 Å². The molecule has 1 aliphatic heterocycles. The molecular formula is C33H28O10. The second-order valence-electron chi connectivity index (χ2n) is 9.99. The lowest BCUT2D eigenvalue weighted by Crippen LogP contribution is -2.39. The molecule has 3 aromatic carbocycles. The fourth-order valence-electron chi connectivity index (χ4n) is 5.18. The van der Waals surface area contributed by atoms with Gasteiger partial charge in [0.2, 0.25) is 11.5 Å². The van der Waals surface area contributed by atoms with Gasteiger partial charge in [0.15, 0.2) is 23.0 Å². The maximum Gasteiger partial charge on any atom is 0.224 e. The molecule has 1 heterocycles. The number of ether oxygens (including phenoxy) is 3. The smallest absolute Gasteiger partial charge is 0.224 e. The molecule has 5 N–H and O–H groups in total. The van der Waals surface area contributed by atoms with E-state index in [2.05, 4.69) is 0 Å². The Kier molecular flexibility index (Phi) is 7.71. The third-order valence-electron chi connectivity index (χ3n) is 7.22. The number of phenols is 3. The highest BCUT2D eigenvalue weighted by atomic mass is 16.5. The molecular weight excluding hydrogens is 556 g/mol. The van der Waals surface area contributed by atoms with Gasteiger partial charge in [0.1, 0.15) is 35.0 Å². The standard InChI is InChI=1S/C17H16O4.C16H12O6/c1-20-13-10-15(19)17(16(11-13)21-2)14(18)9-8-12-6-4-3-5-7-12;17-10-2-1-8-13-9-4-12(19)11(18)3-7(9)5-16(13,21)6-22-15(8)14(10)20/h3-11,19H,1-2H3;1-4,18-21H,5-6H2. The Morgan fingerprint density at radius 1 is 0.930 bits per heavy atom. The number of ketones is 2. The van der Waals surface area contributed by atoms with E-state index in [9.17, 15) is 35.1 Å². The van der Waals surface area contributed by atoms with Crippen molar-refractivity contribution in [2.24, 2.45) is 0 Å². The highest BCUT2D eigenvalue weighted by Gasteiger charge is 2.47. The number of phenolic OH excluding ortho intramolecular Hbond substituents is 3. The lowest BCUT2D eigenvalue weighted by Gasteiger charge is -2.33. The fraction of sp³-hybridized carbons (Fsp3) is 0.152. The van der Waals surface area contributed by atoms with Crippen LogP contribution in [0.5, 0.6) is 28.7 Å². The summed E-state index contributed by atoms with van der Waals surface area (Å²) in [5, 5.41) is 50.0. The molecule has 0 fully saturated rings. The van der Waals surface area contributed by atoms with Crippen LogP contribution < -0.4 is 9.47 Å². The van der Waals surface area contributed by atoms with Crippen molar-refractivity contribution < 1.29 is 49.3 Å². The van der Waals surface area contributed by atoms with E-state index in [1.165, 1.54) is 50.6 Å². The number of aliphatic hydroxyl groups is 2. The number of allylic oxidation sites excluding steroid dienone is 3. The number of carbonyl (C=O) groups excluding carboxylic acids is 2. The second-order valence-corrected chi connectivity index (χ2v) is 9.99. The molecule has 6 rings (SSSR count). The third-order valence-corrected chi connectivity index (χ3v) is 7.22. The molecule has 0 bridgehead atoms. The van der Waals surface area contributed by atoms with Gasteiger partial charge in [-0.05, 0) is 47.1 Å². The number of aromatic hydroxyl groups is 3. The molecule has 3 aliphatic rings. The first-order valence-electron chi connectivity index (χ1n) is 13.1. The number of hydrogen-bond acceptors (Lipinski definition) is 10. The van der Waals surface area contributed by atoms with Crippen molar-refractivity contribution in [1.82, 2.24) is 0 Å². The SMILES string of the molecule is COc1cc(O)c(C(=O)C=Cc2ccccc2)c(OC)c1.O=C1C=CC2=C3c4cc(O)c(O)cc4CC3(O)COC2=C1O. The predicted molar refractivity (Wildman–Crippen MR) is 156 cm³/mol. The number of aliphatic hydroxyl groups excluding tert-OH is 1. The Balaban J connectivity index is 0.000000172. The molecule has 0 amide bonds. The van der Waals surface area contributed by atoms with Crippen molar-refractivity contribution in [3.63, 3.8) is 0 Å². The Bertz CT molecular complexity index is 1750. The molecule has 0 saturated heterocycles. The monoisotopic (exact) mass is 584 g/mol. The first-order valence-corrected chi connectivity index (χ1v) is 13.1. The summed E-state index contributed by atoms with van der Waals surface area (Å²) in [6.45, 7) is -0.122. The van der Waals surface area contributed by atoms with Crippen molar-refractivity contribution in [2.75, 3.05) is 20.8 Å². The van der Waals surface area contributed by atoms with Gasteiger partial charge in [-0.15, -0.1) is 0 Å². The number of rotatable bonds is 5. The average Bonchev–Trinajstić information content (AvgIpc) is 3.29. The number of carbonyl (C=O) groups is 2. The van der Waals surface area contributed by atoms with Crippen LogP contribution in [0.1, 0.15) is 27.0 Å². The van der Waals surface area contributed by atoms with Crippen LogP contribution in [-0.4, -0.2) is 63.5 Å². The summed E-state index contributed by atoms with van der Waals surface area (Å²) in [7, 11) is 2.91. The van der Waals surface area contributed by atoms with Crippen LogP contribution >= 0.6 is 0 Å². The average molecular weight is 585 g/mol. The number of benzene rings is 3. The normalized spacial score (nSPS) is 18.3. The van der Waals surface area contributed by atoms with Crippen molar-refractivity contribution in [2.45, 2.75) is 12.0 Å². The van der Waals surface area contributed by atoms with Gasteiger partial charge >= 0.3 is 0 Å². The molecule has 0 spiro atoms. The molecule has 0 aromatic heterocycles. The third kappa shape index (κ3) is 5.43. The molecule has 0 saturated carbocycles. The number of methoxy groups -OCH3 is 2. The molecule has 1 unspecified atom stereocenters. The van der Waals surface area contributed by atoms with Gasteiger partial charge in [-0.1, -0.05) is 36.4 Å². The van der Waals surface area contributed by atoms with Crippen molar-refractivity contribution in [3.05, 3.63) is 112 Å². The van der Waals surface area contributed by atoms with Crippen LogP contribution in [0.15, 0.2) is 89.9 Å². The fourth-order valence-corrected chi connectivity index (χ4v) is 5.18. The van der Waals surface area contributed by atoms with Crippen LogP contribution in [0.2, 0.25) is 0 Å². The van der Waals surface area contributed by atoms with Crippen LogP contribution in [0.3, 0.4) is 0 Å². The maximum atomic E-state index is 12.3. The molecule has 43 heavy (non-hydrogen) atoms. The van der Waals surface area contributed by atoms with E-state index in [1.54, 1.807) is 12.1 Å². The zero-order chi connectivity index (χ0) is 30.9. The van der Waals surface area contributed by atoms with Crippen LogP contribution in [0, 0.1) is 0 Å². The van der Waals surface area contributed by atoms with Gasteiger partial charge in [-0.2, -0.15) is 0 Å². The largest absolute Gasteiger partial charge is 0.507 e. The van der Waals surface area contributed by atoms with Crippen LogP contribution in [0.25, 0.3) is 11.6 Å². The number of hydrogen-bond donors (Lipinski definition) is 5. The molecule has 10 nitrogen and oxygen atoms in total. The van der Waals surface area contributed by atoms with Crippen molar-refractivity contribution in [1.29, 1.82) is 0 Å². The van der Waals surface area contributed by atoms with Gasteiger partial charge < -0.3 is 39.7 Å². The second kappa shape index (κ2) is 11.4. The van der Waals surface area contributed by atoms with Crippen LogP contribution in [0.4, 0.5) is 0 Å². The highest BCUT2D eigenvalue weighted by molar-refractivity contribution is 6.10. The van der Waals surface area contributed by atoms with Crippen molar-refractivity contribution >= 4 is 23.2 Å².